The molecule has 0 bridgehead atoms. The van der Waals surface area contributed by atoms with Crippen molar-refractivity contribution in [1.82, 2.24) is 4.90 Å². The highest BCUT2D eigenvalue weighted by Gasteiger charge is 2.03. The lowest BCUT2D eigenvalue weighted by atomic mass is 9.98. The van der Waals surface area contributed by atoms with Crippen molar-refractivity contribution in [1.29, 1.82) is 0 Å². The summed E-state index contributed by atoms with van der Waals surface area (Å²) < 4.78 is 0. The van der Waals surface area contributed by atoms with E-state index in [-0.39, 0.29) is 5.41 Å². The smallest absolute Gasteiger partial charge is 0.0230 e. The molecule has 0 saturated heterocycles. The van der Waals surface area contributed by atoms with Crippen LogP contribution in [0.4, 0.5) is 0 Å². The fraction of sp³-hybridized carbons (Fsp3) is 0.833. The fourth-order valence-corrected chi connectivity index (χ4v) is 1.08. The first-order valence-corrected chi connectivity index (χ1v) is 5.22. The molecule has 76 valence electrons. The van der Waals surface area contributed by atoms with Crippen LogP contribution in [0.15, 0.2) is 0 Å². The minimum atomic E-state index is 0.156. The lowest BCUT2D eigenvalue weighted by Gasteiger charge is -2.15. The molecule has 0 aliphatic rings. The van der Waals surface area contributed by atoms with Gasteiger partial charge in [-0.05, 0) is 33.9 Å². The van der Waals surface area contributed by atoms with Crippen LogP contribution in [-0.2, 0) is 0 Å². The van der Waals surface area contributed by atoms with Gasteiger partial charge in [0.25, 0.3) is 0 Å². The molecule has 0 saturated carbocycles. The number of nitrogens with zero attached hydrogens (tertiary/aromatic N) is 1. The lowest BCUT2D eigenvalue weighted by molar-refractivity contribution is 0.311. The summed E-state index contributed by atoms with van der Waals surface area (Å²) in [6.45, 7) is 14.2. The number of hydrogen-bond donors (Lipinski definition) is 0. The van der Waals surface area contributed by atoms with E-state index in [1.807, 2.05) is 0 Å². The van der Waals surface area contributed by atoms with Gasteiger partial charge in [0.15, 0.2) is 0 Å². The van der Waals surface area contributed by atoms with Crippen LogP contribution >= 0.6 is 0 Å². The maximum Gasteiger partial charge on any atom is 0.0230 e. The highest BCUT2D eigenvalue weighted by molar-refractivity contribution is 5.07. The van der Waals surface area contributed by atoms with Crippen LogP contribution in [-0.4, -0.2) is 24.5 Å². The Bertz CT molecular complexity index is 174. The van der Waals surface area contributed by atoms with Gasteiger partial charge >= 0.3 is 0 Å². The monoisotopic (exact) mass is 181 g/mol. The molecule has 0 fully saturated rings. The van der Waals surface area contributed by atoms with Crippen LogP contribution in [0.1, 0.15) is 41.0 Å². The topological polar surface area (TPSA) is 3.24 Å². The summed E-state index contributed by atoms with van der Waals surface area (Å²) >= 11 is 0. The van der Waals surface area contributed by atoms with Crippen LogP contribution in [0.2, 0.25) is 0 Å². The molecule has 0 aliphatic carbocycles. The van der Waals surface area contributed by atoms with E-state index in [0.29, 0.717) is 0 Å². The summed E-state index contributed by atoms with van der Waals surface area (Å²) in [5, 5.41) is 0. The predicted molar refractivity (Wildman–Crippen MR) is 59.6 cm³/mol. The standard InChI is InChI=1S/C12H23N/c1-6-13(7-2)11-9-8-10-12(3,4)5/h6-7,9,11H2,1-5H3. The SMILES string of the molecule is CCN(CC)CCC#CC(C)(C)C. The first-order valence-electron chi connectivity index (χ1n) is 5.22. The molecule has 0 aromatic rings. The third kappa shape index (κ3) is 7.87. The molecule has 0 N–H and O–H groups in total. The minimum absolute atomic E-state index is 0.156. The molecule has 0 radical (unpaired) electrons. The van der Waals surface area contributed by atoms with E-state index in [2.05, 4.69) is 51.4 Å². The Balaban J connectivity index is 3.70. The van der Waals surface area contributed by atoms with Gasteiger partial charge in [-0.2, -0.15) is 0 Å². The van der Waals surface area contributed by atoms with Crippen LogP contribution < -0.4 is 0 Å². The number of hydrogen-bond acceptors (Lipinski definition) is 1. The molecule has 0 atom stereocenters. The van der Waals surface area contributed by atoms with Gasteiger partial charge < -0.3 is 4.90 Å². The van der Waals surface area contributed by atoms with Crippen LogP contribution in [0, 0.1) is 17.3 Å². The second-order valence-corrected chi connectivity index (χ2v) is 4.33. The average Bonchev–Trinajstić information content (AvgIpc) is 2.03. The van der Waals surface area contributed by atoms with Crippen molar-refractivity contribution in [3.05, 3.63) is 0 Å². The minimum Gasteiger partial charge on any atom is -0.303 e. The molecule has 1 nitrogen and oxygen atoms in total. The summed E-state index contributed by atoms with van der Waals surface area (Å²) in [5.41, 5.74) is 0.156. The third-order valence-electron chi connectivity index (χ3n) is 1.91. The first-order chi connectivity index (χ1) is 5.99. The van der Waals surface area contributed by atoms with Crippen molar-refractivity contribution >= 4 is 0 Å². The summed E-state index contributed by atoms with van der Waals surface area (Å²) in [7, 11) is 0. The number of rotatable bonds is 4. The van der Waals surface area contributed by atoms with E-state index < -0.39 is 0 Å². The van der Waals surface area contributed by atoms with Gasteiger partial charge in [0, 0.05) is 18.4 Å². The average molecular weight is 181 g/mol. The van der Waals surface area contributed by atoms with Crippen molar-refractivity contribution in [2.24, 2.45) is 5.41 Å². The summed E-state index contributed by atoms with van der Waals surface area (Å²) in [6.07, 6.45) is 0.999. The second-order valence-electron chi connectivity index (χ2n) is 4.33. The Morgan fingerprint density at radius 3 is 2.00 bits per heavy atom. The molecule has 0 unspecified atom stereocenters. The summed E-state index contributed by atoms with van der Waals surface area (Å²) in [4.78, 5) is 2.40. The van der Waals surface area contributed by atoms with Gasteiger partial charge in [-0.3, -0.25) is 0 Å². The van der Waals surface area contributed by atoms with E-state index in [1.165, 1.54) is 0 Å². The van der Waals surface area contributed by atoms with E-state index in [4.69, 9.17) is 0 Å². The van der Waals surface area contributed by atoms with Gasteiger partial charge in [0.05, 0.1) is 0 Å². The molecule has 13 heavy (non-hydrogen) atoms. The van der Waals surface area contributed by atoms with Gasteiger partial charge in [0.1, 0.15) is 0 Å². The largest absolute Gasteiger partial charge is 0.303 e. The van der Waals surface area contributed by atoms with Gasteiger partial charge in [0.2, 0.25) is 0 Å². The van der Waals surface area contributed by atoms with E-state index in [0.717, 1.165) is 26.1 Å². The molecule has 0 aromatic carbocycles. The molecule has 0 heterocycles. The quantitative estimate of drug-likeness (QED) is 0.603. The highest BCUT2D eigenvalue weighted by Crippen LogP contribution is 2.09. The fourth-order valence-electron chi connectivity index (χ4n) is 1.08. The third-order valence-corrected chi connectivity index (χ3v) is 1.91. The molecule has 0 rings (SSSR count). The van der Waals surface area contributed by atoms with Crippen molar-refractivity contribution in [2.75, 3.05) is 19.6 Å². The Morgan fingerprint density at radius 2 is 1.62 bits per heavy atom. The Kier molecular flexibility index (Phi) is 5.82. The Hall–Kier alpha value is -0.480. The molecule has 0 spiro atoms. The van der Waals surface area contributed by atoms with Crippen LogP contribution in [0.5, 0.6) is 0 Å². The van der Waals surface area contributed by atoms with E-state index in [9.17, 15) is 0 Å². The highest BCUT2D eigenvalue weighted by atomic mass is 15.1. The maximum absolute atomic E-state index is 3.25. The zero-order valence-electron chi connectivity index (χ0n) is 9.78. The normalized spacial score (nSPS) is 11.2. The summed E-state index contributed by atoms with van der Waals surface area (Å²) in [6, 6.07) is 0. The van der Waals surface area contributed by atoms with Crippen molar-refractivity contribution in [2.45, 2.75) is 41.0 Å². The van der Waals surface area contributed by atoms with Crippen LogP contribution in [0.3, 0.4) is 0 Å². The molecular formula is C12H23N. The van der Waals surface area contributed by atoms with Crippen molar-refractivity contribution < 1.29 is 0 Å². The Labute approximate surface area is 83.5 Å². The zero-order chi connectivity index (χ0) is 10.3. The first kappa shape index (κ1) is 12.5. The van der Waals surface area contributed by atoms with Gasteiger partial charge in [-0.15, -0.1) is 5.92 Å². The maximum atomic E-state index is 3.25. The molecule has 1 heteroatoms. The molecule has 0 amide bonds. The molecular weight excluding hydrogens is 158 g/mol. The zero-order valence-corrected chi connectivity index (χ0v) is 9.78. The second kappa shape index (κ2) is 6.05. The predicted octanol–water partition coefficient (Wildman–Crippen LogP) is 2.77. The molecule has 0 aliphatic heterocycles. The van der Waals surface area contributed by atoms with Gasteiger partial charge in [-0.25, -0.2) is 0 Å². The Morgan fingerprint density at radius 1 is 1.08 bits per heavy atom. The molecule has 0 aromatic heterocycles. The lowest BCUT2D eigenvalue weighted by Crippen LogP contribution is -2.23. The van der Waals surface area contributed by atoms with Crippen LogP contribution in [0.25, 0.3) is 0 Å². The van der Waals surface area contributed by atoms with Crippen molar-refractivity contribution in [3.8, 4) is 11.8 Å². The summed E-state index contributed by atoms with van der Waals surface area (Å²) in [5.74, 6) is 6.48. The van der Waals surface area contributed by atoms with Gasteiger partial charge in [-0.1, -0.05) is 19.8 Å². The van der Waals surface area contributed by atoms with E-state index >= 15 is 0 Å². The van der Waals surface area contributed by atoms with E-state index in [1.54, 1.807) is 0 Å². The van der Waals surface area contributed by atoms with Crippen molar-refractivity contribution in [3.63, 3.8) is 0 Å².